The number of nitrogens with two attached hydrogens (primary N) is 1. The molecule has 5 aromatic rings. The van der Waals surface area contributed by atoms with Gasteiger partial charge >= 0.3 is 6.18 Å². The zero-order valence-corrected chi connectivity index (χ0v) is 28.4. The van der Waals surface area contributed by atoms with Gasteiger partial charge in [-0.1, -0.05) is 0 Å². The molecule has 4 atom stereocenters. The van der Waals surface area contributed by atoms with Crippen LogP contribution in [0.5, 0.6) is 5.75 Å². The Labute approximate surface area is 291 Å². The Morgan fingerprint density at radius 1 is 1.06 bits per heavy atom. The largest absolute Gasteiger partial charge is 0.494 e. The Morgan fingerprint density at radius 2 is 1.82 bits per heavy atom. The molecule has 15 heteroatoms. The number of nitrogens with one attached hydrogen (secondary N) is 1. The summed E-state index contributed by atoms with van der Waals surface area (Å²) in [4.78, 5) is 45.3. The first-order valence-corrected chi connectivity index (χ1v) is 17.2. The average Bonchev–Trinajstić information content (AvgIpc) is 3.58. The van der Waals surface area contributed by atoms with Crippen molar-refractivity contribution in [2.45, 2.75) is 69.9 Å². The smallest absolute Gasteiger partial charge is 0.451 e. The zero-order valence-electron chi connectivity index (χ0n) is 28.4. The first-order chi connectivity index (χ1) is 24.4. The first-order valence-electron chi connectivity index (χ1n) is 17.2. The predicted molar refractivity (Wildman–Crippen MR) is 182 cm³/mol. The van der Waals surface area contributed by atoms with Crippen LogP contribution < -0.4 is 15.8 Å². The fourth-order valence-electron chi connectivity index (χ4n) is 7.68. The number of hydrogen-bond acceptors (Lipinski definition) is 8. The van der Waals surface area contributed by atoms with Crippen molar-refractivity contribution < 1.29 is 27.5 Å². The number of pyridine rings is 1. The number of carbonyl (C=O) groups excluding carboxylic acids is 2. The second kappa shape index (κ2) is 12.3. The highest BCUT2D eigenvalue weighted by atomic mass is 19.4. The van der Waals surface area contributed by atoms with Crippen molar-refractivity contribution in [3.05, 3.63) is 65.4 Å². The van der Waals surface area contributed by atoms with Crippen LogP contribution >= 0.6 is 0 Å². The van der Waals surface area contributed by atoms with Crippen LogP contribution in [-0.4, -0.2) is 71.5 Å². The molecule has 0 unspecified atom stereocenters. The minimum atomic E-state index is -4.70. The Bertz CT molecular complexity index is 2170. The van der Waals surface area contributed by atoms with Crippen LogP contribution in [0.4, 0.5) is 13.2 Å². The van der Waals surface area contributed by atoms with E-state index < -0.39 is 23.9 Å². The number of aromatic nitrogens is 6. The molecule has 2 aliphatic carbocycles. The average molecular weight is 702 g/mol. The van der Waals surface area contributed by atoms with Gasteiger partial charge in [0.25, 0.3) is 11.8 Å². The third kappa shape index (κ3) is 5.96. The van der Waals surface area contributed by atoms with Gasteiger partial charge in [-0.15, -0.1) is 0 Å². The van der Waals surface area contributed by atoms with Crippen molar-refractivity contribution >= 4 is 33.9 Å². The molecule has 3 fully saturated rings. The highest BCUT2D eigenvalue weighted by Gasteiger charge is 2.41. The topological polar surface area (TPSA) is 146 Å². The summed E-state index contributed by atoms with van der Waals surface area (Å²) in [6.07, 6.45) is 2.19. The van der Waals surface area contributed by atoms with E-state index in [9.17, 15) is 22.8 Å². The quantitative estimate of drug-likeness (QED) is 0.223. The first kappa shape index (κ1) is 33.1. The monoisotopic (exact) mass is 701 g/mol. The number of rotatable bonds is 8. The summed E-state index contributed by atoms with van der Waals surface area (Å²) in [6.45, 7) is 3.02. The molecule has 3 N–H and O–H groups in total. The number of carbonyl (C=O) groups is 2. The minimum absolute atomic E-state index is 0.0184. The van der Waals surface area contributed by atoms with Gasteiger partial charge in [0.1, 0.15) is 16.9 Å². The van der Waals surface area contributed by atoms with E-state index in [-0.39, 0.29) is 23.6 Å². The number of nitrogens with zero attached hydrogens (tertiary/aromatic N) is 7. The van der Waals surface area contributed by atoms with Crippen molar-refractivity contribution in [1.29, 1.82) is 0 Å². The van der Waals surface area contributed by atoms with Crippen LogP contribution in [0.1, 0.15) is 77.3 Å². The van der Waals surface area contributed by atoms with Gasteiger partial charge < -0.3 is 29.8 Å². The van der Waals surface area contributed by atoms with Crippen molar-refractivity contribution in [3.8, 4) is 17.3 Å². The van der Waals surface area contributed by atoms with Gasteiger partial charge in [-0.25, -0.2) is 19.9 Å². The molecule has 12 nitrogen and oxygen atoms in total. The molecule has 2 amide bonds. The van der Waals surface area contributed by atoms with Gasteiger partial charge in [-0.3, -0.25) is 9.59 Å². The van der Waals surface area contributed by atoms with Crippen LogP contribution in [0.15, 0.2) is 42.7 Å². The number of methoxy groups -OCH3 is 1. The molecule has 8 rings (SSSR count). The van der Waals surface area contributed by atoms with E-state index in [1.807, 2.05) is 40.8 Å². The molecule has 0 radical (unpaired) electrons. The fourth-order valence-corrected chi connectivity index (χ4v) is 7.68. The lowest BCUT2D eigenvalue weighted by Crippen LogP contribution is -2.51. The summed E-state index contributed by atoms with van der Waals surface area (Å²) in [5.74, 6) is 0.220. The molecule has 1 aromatic carbocycles. The Hall–Kier alpha value is -5.05. The second-order valence-corrected chi connectivity index (χ2v) is 14.1. The normalized spacial score (nSPS) is 21.0. The number of imidazole rings is 1. The second-order valence-electron chi connectivity index (χ2n) is 14.1. The Kier molecular flexibility index (Phi) is 8.00. The number of ether oxygens (including phenoxy) is 1. The van der Waals surface area contributed by atoms with Gasteiger partial charge in [0, 0.05) is 55.6 Å². The van der Waals surface area contributed by atoms with Crippen LogP contribution in [0.3, 0.4) is 0 Å². The molecule has 0 spiro atoms. The number of alkyl halides is 3. The predicted octanol–water partition coefficient (Wildman–Crippen LogP) is 5.26. The van der Waals surface area contributed by atoms with Crippen molar-refractivity contribution in [2.75, 3.05) is 13.7 Å². The standard InChI is InChI=1S/C36H38F3N9O3/c1-18(43-33(49)23-14-41-35(42-15-23)36(37,38)39)26-9-7-21-12-28(48(31(21)44-26)16-19-4-5-19)32-45-27-11-22(13-29(51-3)30(27)46(32)2)34(50)47-17-25(40)20-6-8-24(47)10-20/h7,9,11-15,18-20,24-25H,4-6,8,10,16-17,40H2,1-3H3,(H,43,49)/t18-,20-,24+,25+/m1/s1. The van der Waals surface area contributed by atoms with Crippen molar-refractivity contribution in [3.63, 3.8) is 0 Å². The maximum Gasteiger partial charge on any atom is 0.451 e. The molecular formula is C36H38F3N9O3. The Morgan fingerprint density at radius 3 is 2.53 bits per heavy atom. The number of amides is 2. The van der Waals surface area contributed by atoms with Crippen LogP contribution in [-0.2, 0) is 19.8 Å². The number of likely N-dealkylation sites (tertiary alicyclic amines) is 1. The van der Waals surface area contributed by atoms with E-state index in [4.69, 9.17) is 20.4 Å². The van der Waals surface area contributed by atoms with E-state index in [0.29, 0.717) is 46.7 Å². The summed E-state index contributed by atoms with van der Waals surface area (Å²) < 4.78 is 48.7. The van der Waals surface area contributed by atoms with Gasteiger partial charge in [0.2, 0.25) is 5.82 Å². The molecule has 4 aromatic heterocycles. The number of benzene rings is 1. The third-order valence-corrected chi connectivity index (χ3v) is 10.7. The van der Waals surface area contributed by atoms with E-state index in [1.54, 1.807) is 20.1 Å². The van der Waals surface area contributed by atoms with Gasteiger partial charge in [-0.05, 0) is 81.2 Å². The van der Waals surface area contributed by atoms with Crippen LogP contribution in [0.25, 0.3) is 33.6 Å². The maximum absolute atomic E-state index is 13.9. The fraction of sp³-hybridized carbons (Fsp3) is 0.444. The minimum Gasteiger partial charge on any atom is -0.494 e. The summed E-state index contributed by atoms with van der Waals surface area (Å²) in [7, 11) is 3.52. The molecule has 5 heterocycles. The van der Waals surface area contributed by atoms with E-state index in [1.165, 1.54) is 0 Å². The van der Waals surface area contributed by atoms with Crippen molar-refractivity contribution in [2.24, 2.45) is 24.6 Å². The highest BCUT2D eigenvalue weighted by molar-refractivity contribution is 6.00. The molecule has 2 bridgehead atoms. The van der Waals surface area contributed by atoms with Crippen LogP contribution in [0.2, 0.25) is 0 Å². The number of aryl methyl sites for hydroxylation is 1. The van der Waals surface area contributed by atoms with E-state index in [0.717, 1.165) is 73.3 Å². The molecule has 2 saturated carbocycles. The lowest BCUT2D eigenvalue weighted by molar-refractivity contribution is -0.145. The zero-order chi connectivity index (χ0) is 35.8. The summed E-state index contributed by atoms with van der Waals surface area (Å²) in [6, 6.07) is 9.04. The molecule has 1 aliphatic heterocycles. The van der Waals surface area contributed by atoms with Crippen LogP contribution in [0, 0.1) is 11.8 Å². The number of hydrogen-bond donors (Lipinski definition) is 2. The van der Waals surface area contributed by atoms with Gasteiger partial charge in [-0.2, -0.15) is 13.2 Å². The molecular weight excluding hydrogens is 663 g/mol. The third-order valence-electron chi connectivity index (χ3n) is 10.7. The molecule has 266 valence electrons. The molecule has 3 aliphatic rings. The number of fused-ring (bicyclic) bond motifs is 4. The van der Waals surface area contributed by atoms with E-state index in [2.05, 4.69) is 19.9 Å². The van der Waals surface area contributed by atoms with Gasteiger partial charge in [0.15, 0.2) is 5.82 Å². The lowest BCUT2D eigenvalue weighted by atomic mass is 9.94. The Balaban J connectivity index is 1.12. The van der Waals surface area contributed by atoms with E-state index >= 15 is 0 Å². The maximum atomic E-state index is 13.9. The number of piperidine rings is 1. The molecule has 1 saturated heterocycles. The summed E-state index contributed by atoms with van der Waals surface area (Å²) >= 11 is 0. The lowest BCUT2D eigenvalue weighted by Gasteiger charge is -2.37. The van der Waals surface area contributed by atoms with Crippen molar-refractivity contribution in [1.82, 2.24) is 39.3 Å². The highest BCUT2D eigenvalue weighted by Crippen LogP contribution is 2.40. The van der Waals surface area contributed by atoms with Gasteiger partial charge in [0.05, 0.1) is 35.6 Å². The molecule has 51 heavy (non-hydrogen) atoms. The summed E-state index contributed by atoms with van der Waals surface area (Å²) in [5, 5.41) is 3.68. The number of halogens is 3. The summed E-state index contributed by atoms with van der Waals surface area (Å²) in [5.41, 5.74) is 10.4. The SMILES string of the molecule is COc1cc(C(=O)N2C[C@H](N)[C@@H]3CC[C@H]2C3)cc2nc(-c3cc4ccc([C@@H](C)NC(=O)c5cnc(C(F)(F)F)nc5)nc4n3CC3CC3)n(C)c12.